The van der Waals surface area contributed by atoms with Gasteiger partial charge in [-0.15, -0.1) is 21.5 Å². The smallest absolute Gasteiger partial charge is 0.257 e. The zero-order chi connectivity index (χ0) is 11.0. The van der Waals surface area contributed by atoms with Gasteiger partial charge in [0.25, 0.3) is 5.89 Å². The summed E-state index contributed by atoms with van der Waals surface area (Å²) < 4.78 is 5.59. The summed E-state index contributed by atoms with van der Waals surface area (Å²) in [5, 5.41) is 11.4. The molecule has 0 radical (unpaired) electrons. The summed E-state index contributed by atoms with van der Waals surface area (Å²) in [4.78, 5) is 2.30. The van der Waals surface area contributed by atoms with Gasteiger partial charge in [-0.3, -0.25) is 0 Å². The monoisotopic (exact) mass is 235 g/mol. The Morgan fingerprint density at radius 3 is 3.00 bits per heavy atom. The van der Waals surface area contributed by atoms with Crippen molar-refractivity contribution in [2.75, 3.05) is 0 Å². The second-order valence-electron chi connectivity index (χ2n) is 4.07. The SMILES string of the molecule is Cc1ccc(-c2nnc(CNC3CC3)o2)s1. The van der Waals surface area contributed by atoms with Crippen LogP contribution in [0.15, 0.2) is 16.5 Å². The Morgan fingerprint density at radius 1 is 1.44 bits per heavy atom. The minimum Gasteiger partial charge on any atom is -0.419 e. The first-order valence-electron chi connectivity index (χ1n) is 5.44. The Hall–Kier alpha value is -1.20. The van der Waals surface area contributed by atoms with Gasteiger partial charge in [0.1, 0.15) is 0 Å². The molecule has 1 aliphatic carbocycles. The lowest BCUT2D eigenvalue weighted by atomic mass is 10.4. The van der Waals surface area contributed by atoms with Gasteiger partial charge in [-0.25, -0.2) is 0 Å². The van der Waals surface area contributed by atoms with Gasteiger partial charge in [0.2, 0.25) is 5.89 Å². The quantitative estimate of drug-likeness (QED) is 0.883. The molecule has 5 heteroatoms. The number of hydrogen-bond acceptors (Lipinski definition) is 5. The molecule has 16 heavy (non-hydrogen) atoms. The molecule has 4 nitrogen and oxygen atoms in total. The molecule has 2 aromatic heterocycles. The summed E-state index contributed by atoms with van der Waals surface area (Å²) in [6.45, 7) is 2.75. The normalized spacial score (nSPS) is 15.6. The van der Waals surface area contributed by atoms with Crippen molar-refractivity contribution in [1.82, 2.24) is 15.5 Å². The van der Waals surface area contributed by atoms with Crippen LogP contribution in [-0.2, 0) is 6.54 Å². The lowest BCUT2D eigenvalue weighted by Gasteiger charge is -1.95. The molecule has 1 N–H and O–H groups in total. The molecular formula is C11H13N3OS. The summed E-state index contributed by atoms with van der Waals surface area (Å²) >= 11 is 1.67. The van der Waals surface area contributed by atoms with E-state index in [1.54, 1.807) is 11.3 Å². The third-order valence-electron chi connectivity index (χ3n) is 2.54. The average Bonchev–Trinajstić information content (AvgIpc) is 2.81. The van der Waals surface area contributed by atoms with Gasteiger partial charge in [-0.1, -0.05) is 0 Å². The van der Waals surface area contributed by atoms with Crippen LogP contribution in [0.1, 0.15) is 23.6 Å². The number of hydrogen-bond donors (Lipinski definition) is 1. The van der Waals surface area contributed by atoms with Gasteiger partial charge >= 0.3 is 0 Å². The summed E-state index contributed by atoms with van der Waals surface area (Å²) in [6, 6.07) is 4.75. The van der Waals surface area contributed by atoms with E-state index in [1.807, 2.05) is 6.07 Å². The third kappa shape index (κ3) is 2.15. The fourth-order valence-electron chi connectivity index (χ4n) is 1.49. The van der Waals surface area contributed by atoms with E-state index < -0.39 is 0 Å². The Bertz CT molecular complexity index is 487. The van der Waals surface area contributed by atoms with Gasteiger partial charge in [0, 0.05) is 10.9 Å². The maximum Gasteiger partial charge on any atom is 0.257 e. The number of nitrogens with zero attached hydrogens (tertiary/aromatic N) is 2. The van der Waals surface area contributed by atoms with Gasteiger partial charge in [0.15, 0.2) is 0 Å². The average molecular weight is 235 g/mol. The van der Waals surface area contributed by atoms with Crippen LogP contribution >= 0.6 is 11.3 Å². The number of aromatic nitrogens is 2. The molecule has 0 spiro atoms. The van der Waals surface area contributed by atoms with Crippen LogP contribution in [0, 0.1) is 6.92 Å². The molecule has 3 rings (SSSR count). The van der Waals surface area contributed by atoms with Crippen LogP contribution in [0.4, 0.5) is 0 Å². The van der Waals surface area contributed by atoms with Gasteiger partial charge in [0.05, 0.1) is 11.4 Å². The first-order chi connectivity index (χ1) is 7.81. The van der Waals surface area contributed by atoms with E-state index in [2.05, 4.69) is 28.5 Å². The van der Waals surface area contributed by atoms with E-state index in [9.17, 15) is 0 Å². The van der Waals surface area contributed by atoms with Crippen molar-refractivity contribution in [3.8, 4) is 10.8 Å². The van der Waals surface area contributed by atoms with Crippen LogP contribution in [0.25, 0.3) is 10.8 Å². The highest BCUT2D eigenvalue weighted by Gasteiger charge is 2.21. The highest BCUT2D eigenvalue weighted by atomic mass is 32.1. The topological polar surface area (TPSA) is 51.0 Å². The predicted molar refractivity (Wildman–Crippen MR) is 62.2 cm³/mol. The van der Waals surface area contributed by atoms with Crippen molar-refractivity contribution >= 4 is 11.3 Å². The standard InChI is InChI=1S/C11H13N3OS/c1-7-2-5-9(16-7)11-14-13-10(15-11)6-12-8-3-4-8/h2,5,8,12H,3-4,6H2,1H3. The van der Waals surface area contributed by atoms with Crippen molar-refractivity contribution in [3.05, 3.63) is 22.9 Å². The second-order valence-corrected chi connectivity index (χ2v) is 5.35. The maximum atomic E-state index is 5.59. The molecule has 0 atom stereocenters. The number of thiophene rings is 1. The summed E-state index contributed by atoms with van der Waals surface area (Å²) in [5.41, 5.74) is 0. The minimum atomic E-state index is 0.630. The number of nitrogens with one attached hydrogen (secondary N) is 1. The number of aryl methyl sites for hydroxylation is 1. The van der Waals surface area contributed by atoms with Crippen LogP contribution in [0.5, 0.6) is 0 Å². The highest BCUT2D eigenvalue weighted by Crippen LogP contribution is 2.26. The molecule has 84 valence electrons. The zero-order valence-corrected chi connectivity index (χ0v) is 9.88. The molecule has 1 fully saturated rings. The molecule has 2 aromatic rings. The van der Waals surface area contributed by atoms with Crippen molar-refractivity contribution in [2.45, 2.75) is 32.4 Å². The fraction of sp³-hybridized carbons (Fsp3) is 0.455. The summed E-state index contributed by atoms with van der Waals surface area (Å²) in [5.74, 6) is 1.30. The molecule has 0 aliphatic heterocycles. The summed E-state index contributed by atoms with van der Waals surface area (Å²) in [7, 11) is 0. The Labute approximate surface area is 97.7 Å². The zero-order valence-electron chi connectivity index (χ0n) is 9.06. The second kappa shape index (κ2) is 3.99. The summed E-state index contributed by atoms with van der Waals surface area (Å²) in [6.07, 6.45) is 2.54. The molecule has 0 aromatic carbocycles. The lowest BCUT2D eigenvalue weighted by Crippen LogP contribution is -2.15. The number of rotatable bonds is 4. The molecule has 2 heterocycles. The molecule has 0 amide bonds. The molecule has 0 unspecified atom stereocenters. The Kier molecular flexibility index (Phi) is 2.49. The van der Waals surface area contributed by atoms with Gasteiger partial charge in [-0.05, 0) is 31.9 Å². The molecule has 1 aliphatic rings. The molecular weight excluding hydrogens is 222 g/mol. The van der Waals surface area contributed by atoms with E-state index in [4.69, 9.17) is 4.42 Å². The molecule has 1 saturated carbocycles. The largest absolute Gasteiger partial charge is 0.419 e. The van der Waals surface area contributed by atoms with Crippen LogP contribution in [0.2, 0.25) is 0 Å². The highest BCUT2D eigenvalue weighted by molar-refractivity contribution is 7.15. The van der Waals surface area contributed by atoms with Gasteiger partial charge < -0.3 is 9.73 Å². The van der Waals surface area contributed by atoms with E-state index in [0.717, 1.165) is 4.88 Å². The maximum absolute atomic E-state index is 5.59. The van der Waals surface area contributed by atoms with E-state index >= 15 is 0 Å². The van der Waals surface area contributed by atoms with Crippen LogP contribution in [0.3, 0.4) is 0 Å². The minimum absolute atomic E-state index is 0.630. The Balaban J connectivity index is 1.71. The van der Waals surface area contributed by atoms with Gasteiger partial charge in [-0.2, -0.15) is 0 Å². The van der Waals surface area contributed by atoms with E-state index in [-0.39, 0.29) is 0 Å². The first-order valence-corrected chi connectivity index (χ1v) is 6.25. The van der Waals surface area contributed by atoms with Crippen LogP contribution in [-0.4, -0.2) is 16.2 Å². The Morgan fingerprint density at radius 2 is 2.31 bits per heavy atom. The van der Waals surface area contributed by atoms with Crippen molar-refractivity contribution in [1.29, 1.82) is 0 Å². The van der Waals surface area contributed by atoms with E-state index in [1.165, 1.54) is 17.7 Å². The van der Waals surface area contributed by atoms with Crippen molar-refractivity contribution in [3.63, 3.8) is 0 Å². The van der Waals surface area contributed by atoms with E-state index in [0.29, 0.717) is 24.4 Å². The molecule has 0 saturated heterocycles. The lowest BCUT2D eigenvalue weighted by molar-refractivity contribution is 0.477. The molecule has 0 bridgehead atoms. The van der Waals surface area contributed by atoms with Crippen molar-refractivity contribution in [2.24, 2.45) is 0 Å². The predicted octanol–water partition coefficient (Wildman–Crippen LogP) is 2.36. The van der Waals surface area contributed by atoms with Crippen LogP contribution < -0.4 is 5.32 Å². The van der Waals surface area contributed by atoms with Crippen molar-refractivity contribution < 1.29 is 4.42 Å². The first kappa shape index (κ1) is 9.99. The third-order valence-corrected chi connectivity index (χ3v) is 3.53. The fourth-order valence-corrected chi connectivity index (χ4v) is 2.28.